The van der Waals surface area contributed by atoms with Gasteiger partial charge in [-0.2, -0.15) is 18.3 Å². The summed E-state index contributed by atoms with van der Waals surface area (Å²) >= 11 is 0. The largest absolute Gasteiger partial charge is 0.392 e. The fraction of sp³-hybridized carbons (Fsp3) is 0.769. The van der Waals surface area contributed by atoms with Crippen LogP contribution >= 0.6 is 0 Å². The second kappa shape index (κ2) is 4.95. The van der Waals surface area contributed by atoms with Crippen LogP contribution in [0.5, 0.6) is 0 Å². The van der Waals surface area contributed by atoms with E-state index in [0.717, 1.165) is 30.6 Å². The molecule has 3 N–H and O–H groups in total. The topological polar surface area (TPSA) is 57.9 Å². The zero-order chi connectivity index (χ0) is 14.3. The molecule has 1 aromatic rings. The summed E-state index contributed by atoms with van der Waals surface area (Å²) in [4.78, 5) is 2.03. The van der Waals surface area contributed by atoms with E-state index >= 15 is 0 Å². The second-order valence-corrected chi connectivity index (χ2v) is 5.83. The quantitative estimate of drug-likeness (QED) is 0.831. The van der Waals surface area contributed by atoms with Crippen molar-refractivity contribution >= 4 is 5.82 Å². The lowest BCUT2D eigenvalue weighted by Crippen LogP contribution is -2.43. The summed E-state index contributed by atoms with van der Waals surface area (Å²) in [6.45, 7) is 1.50. The van der Waals surface area contributed by atoms with Crippen molar-refractivity contribution < 1.29 is 13.2 Å². The number of aromatic nitrogens is 2. The fourth-order valence-electron chi connectivity index (χ4n) is 3.22. The minimum atomic E-state index is -4.12. The molecule has 112 valence electrons. The number of piperidine rings is 1. The van der Waals surface area contributed by atoms with E-state index in [1.54, 1.807) is 0 Å². The molecule has 1 aliphatic carbocycles. The maximum absolute atomic E-state index is 12.9. The fourth-order valence-corrected chi connectivity index (χ4v) is 3.22. The van der Waals surface area contributed by atoms with E-state index in [0.29, 0.717) is 18.8 Å². The lowest BCUT2D eigenvalue weighted by molar-refractivity contribution is -0.177. The number of alkyl halides is 3. The molecule has 1 aliphatic heterocycles. The summed E-state index contributed by atoms with van der Waals surface area (Å²) in [5.41, 5.74) is 7.55. The molecule has 3 rings (SSSR count). The van der Waals surface area contributed by atoms with Crippen molar-refractivity contribution in [2.45, 2.75) is 44.3 Å². The molecule has 0 saturated carbocycles. The van der Waals surface area contributed by atoms with Gasteiger partial charge in [-0.15, -0.1) is 0 Å². The van der Waals surface area contributed by atoms with Crippen LogP contribution in [0.15, 0.2) is 0 Å². The first-order valence-electron chi connectivity index (χ1n) is 7.08. The average molecular weight is 288 g/mol. The van der Waals surface area contributed by atoms with Crippen LogP contribution in [0.1, 0.15) is 30.5 Å². The van der Waals surface area contributed by atoms with Gasteiger partial charge in [-0.1, -0.05) is 0 Å². The first-order valence-corrected chi connectivity index (χ1v) is 7.08. The smallest absolute Gasteiger partial charge is 0.353 e. The molecular formula is C13H19F3N4. The van der Waals surface area contributed by atoms with Crippen LogP contribution < -0.4 is 10.6 Å². The number of H-pyrrole nitrogens is 1. The number of anilines is 1. The number of rotatable bonds is 1. The van der Waals surface area contributed by atoms with Crippen molar-refractivity contribution in [1.29, 1.82) is 0 Å². The van der Waals surface area contributed by atoms with Crippen molar-refractivity contribution in [3.05, 3.63) is 11.3 Å². The highest BCUT2D eigenvalue weighted by Crippen LogP contribution is 2.39. The standard InChI is InChI=1S/C13H19F3N4/c14-13(15,16)8-3-4-11-10(6-8)12(19-18-11)20-5-1-2-9(17)7-20/h8-9H,1-7,17H2,(H,18,19). The maximum atomic E-state index is 12.9. The van der Waals surface area contributed by atoms with E-state index in [2.05, 4.69) is 10.2 Å². The first kappa shape index (κ1) is 13.7. The van der Waals surface area contributed by atoms with Gasteiger partial charge >= 0.3 is 6.18 Å². The molecule has 0 aromatic carbocycles. The van der Waals surface area contributed by atoms with Gasteiger partial charge in [0.15, 0.2) is 5.82 Å². The molecule has 2 heterocycles. The maximum Gasteiger partial charge on any atom is 0.392 e. The van der Waals surface area contributed by atoms with E-state index in [9.17, 15) is 13.2 Å². The summed E-state index contributed by atoms with van der Waals surface area (Å²) < 4.78 is 38.7. The molecule has 7 heteroatoms. The van der Waals surface area contributed by atoms with Gasteiger partial charge in [-0.25, -0.2) is 0 Å². The number of nitrogens with zero attached hydrogens (tertiary/aromatic N) is 2. The normalized spacial score (nSPS) is 27.5. The Morgan fingerprint density at radius 1 is 1.30 bits per heavy atom. The van der Waals surface area contributed by atoms with Gasteiger partial charge in [0, 0.05) is 30.4 Å². The van der Waals surface area contributed by atoms with Crippen LogP contribution in [0.25, 0.3) is 0 Å². The number of nitrogens with two attached hydrogens (primary N) is 1. The molecule has 2 aliphatic rings. The van der Waals surface area contributed by atoms with Crippen LogP contribution in [0, 0.1) is 5.92 Å². The Morgan fingerprint density at radius 3 is 2.80 bits per heavy atom. The van der Waals surface area contributed by atoms with Gasteiger partial charge in [-0.05, 0) is 32.1 Å². The van der Waals surface area contributed by atoms with Crippen molar-refractivity contribution in [2.75, 3.05) is 18.0 Å². The molecule has 2 atom stereocenters. The van der Waals surface area contributed by atoms with Crippen molar-refractivity contribution in [2.24, 2.45) is 11.7 Å². The third kappa shape index (κ3) is 2.51. The minimum absolute atomic E-state index is 0.0381. The third-order valence-corrected chi connectivity index (χ3v) is 4.34. The number of aryl methyl sites for hydroxylation is 1. The van der Waals surface area contributed by atoms with Crippen molar-refractivity contribution in [3.8, 4) is 0 Å². The van der Waals surface area contributed by atoms with E-state index in [1.807, 2.05) is 4.90 Å². The van der Waals surface area contributed by atoms with Crippen LogP contribution in [0.3, 0.4) is 0 Å². The summed E-state index contributed by atoms with van der Waals surface area (Å²) in [5, 5.41) is 7.16. The SMILES string of the molecule is NC1CCCN(c2n[nH]c3c2CC(C(F)(F)F)CC3)C1. The number of nitrogens with one attached hydrogen (secondary N) is 1. The van der Waals surface area contributed by atoms with Gasteiger partial charge in [0.05, 0.1) is 5.92 Å². The predicted molar refractivity (Wildman–Crippen MR) is 69.6 cm³/mol. The summed E-state index contributed by atoms with van der Waals surface area (Å²) in [6, 6.07) is 0.0816. The molecular weight excluding hydrogens is 269 g/mol. The summed E-state index contributed by atoms with van der Waals surface area (Å²) in [6.07, 6.45) is -1.58. The molecule has 20 heavy (non-hydrogen) atoms. The molecule has 0 bridgehead atoms. The Balaban J connectivity index is 1.83. The average Bonchev–Trinajstić information content (AvgIpc) is 2.80. The van der Waals surface area contributed by atoms with E-state index in [1.165, 1.54) is 0 Å². The highest BCUT2D eigenvalue weighted by molar-refractivity contribution is 5.51. The molecule has 0 amide bonds. The van der Waals surface area contributed by atoms with Gasteiger partial charge < -0.3 is 10.6 Å². The molecule has 1 aromatic heterocycles. The lowest BCUT2D eigenvalue weighted by Gasteiger charge is -2.33. The van der Waals surface area contributed by atoms with Crippen LogP contribution in [0.2, 0.25) is 0 Å². The van der Waals surface area contributed by atoms with Gasteiger partial charge in [0.25, 0.3) is 0 Å². The third-order valence-electron chi connectivity index (χ3n) is 4.34. The van der Waals surface area contributed by atoms with E-state index in [-0.39, 0.29) is 18.9 Å². The number of hydrogen-bond donors (Lipinski definition) is 2. The minimum Gasteiger partial charge on any atom is -0.353 e. The molecule has 0 radical (unpaired) electrons. The Morgan fingerprint density at radius 2 is 2.10 bits per heavy atom. The zero-order valence-electron chi connectivity index (χ0n) is 11.2. The van der Waals surface area contributed by atoms with Crippen LogP contribution in [-0.4, -0.2) is 35.5 Å². The van der Waals surface area contributed by atoms with Crippen LogP contribution in [0.4, 0.5) is 19.0 Å². The van der Waals surface area contributed by atoms with Crippen molar-refractivity contribution in [3.63, 3.8) is 0 Å². The Kier molecular flexibility index (Phi) is 3.40. The Hall–Kier alpha value is -1.24. The summed E-state index contributed by atoms with van der Waals surface area (Å²) in [7, 11) is 0. The summed E-state index contributed by atoms with van der Waals surface area (Å²) in [5.74, 6) is -0.561. The van der Waals surface area contributed by atoms with Crippen molar-refractivity contribution in [1.82, 2.24) is 10.2 Å². The van der Waals surface area contributed by atoms with Gasteiger partial charge in [0.2, 0.25) is 0 Å². The number of fused-ring (bicyclic) bond motifs is 1. The van der Waals surface area contributed by atoms with Gasteiger partial charge in [-0.3, -0.25) is 5.10 Å². The Labute approximate surface area is 115 Å². The number of hydrogen-bond acceptors (Lipinski definition) is 3. The monoisotopic (exact) mass is 288 g/mol. The highest BCUT2D eigenvalue weighted by atomic mass is 19.4. The van der Waals surface area contributed by atoms with E-state index in [4.69, 9.17) is 5.73 Å². The number of aromatic amines is 1. The second-order valence-electron chi connectivity index (χ2n) is 5.83. The molecule has 1 saturated heterocycles. The number of halogens is 3. The van der Waals surface area contributed by atoms with Gasteiger partial charge in [0.1, 0.15) is 0 Å². The molecule has 1 fully saturated rings. The first-order chi connectivity index (χ1) is 9.45. The zero-order valence-corrected chi connectivity index (χ0v) is 11.2. The lowest BCUT2D eigenvalue weighted by atomic mass is 9.86. The predicted octanol–water partition coefficient (Wildman–Crippen LogP) is 2.00. The molecule has 4 nitrogen and oxygen atoms in total. The van der Waals surface area contributed by atoms with Crippen LogP contribution in [-0.2, 0) is 12.8 Å². The highest BCUT2D eigenvalue weighted by Gasteiger charge is 2.42. The Bertz CT molecular complexity index is 482. The molecule has 2 unspecified atom stereocenters. The molecule has 0 spiro atoms. The van der Waals surface area contributed by atoms with E-state index < -0.39 is 12.1 Å².